The number of aryl methyl sites for hydroxylation is 1. The lowest BCUT2D eigenvalue weighted by Gasteiger charge is -2.22. The standard InChI is InChI=1S/C24H26N6O2/c1-4-29(12-13-32-3)22-15-20(24(31)26-19-8-10-25-11-9-19)23-27-21(16-30(23)28-22)18-7-5-6-17(2)14-18/h5-11,14-16H,4,12-13H2,1-3H3,(H,25,26,31). The molecule has 0 unspecified atom stereocenters. The first kappa shape index (κ1) is 21.5. The first-order valence-corrected chi connectivity index (χ1v) is 10.5. The summed E-state index contributed by atoms with van der Waals surface area (Å²) in [5, 5.41) is 7.69. The molecule has 1 N–H and O–H groups in total. The molecule has 164 valence electrons. The van der Waals surface area contributed by atoms with Crippen LogP contribution in [0.5, 0.6) is 0 Å². The summed E-state index contributed by atoms with van der Waals surface area (Å²) in [6.45, 7) is 6.04. The minimum absolute atomic E-state index is 0.256. The Hall–Kier alpha value is -3.78. The van der Waals surface area contributed by atoms with Crippen molar-refractivity contribution in [1.29, 1.82) is 0 Å². The average molecular weight is 431 g/mol. The molecule has 0 aliphatic heterocycles. The van der Waals surface area contributed by atoms with E-state index in [1.165, 1.54) is 0 Å². The fourth-order valence-corrected chi connectivity index (χ4v) is 3.50. The summed E-state index contributed by atoms with van der Waals surface area (Å²) >= 11 is 0. The Morgan fingerprint density at radius 2 is 2.00 bits per heavy atom. The number of benzene rings is 1. The van der Waals surface area contributed by atoms with Crippen LogP contribution in [0.1, 0.15) is 22.8 Å². The zero-order chi connectivity index (χ0) is 22.5. The van der Waals surface area contributed by atoms with Crippen molar-refractivity contribution in [2.45, 2.75) is 13.8 Å². The molecule has 4 rings (SSSR count). The Morgan fingerprint density at radius 3 is 2.72 bits per heavy atom. The number of amides is 1. The number of hydrogen-bond donors (Lipinski definition) is 1. The van der Waals surface area contributed by atoms with Gasteiger partial charge in [0.1, 0.15) is 0 Å². The Labute approximate surface area is 186 Å². The smallest absolute Gasteiger partial charge is 0.259 e. The Morgan fingerprint density at radius 1 is 1.19 bits per heavy atom. The van der Waals surface area contributed by atoms with Gasteiger partial charge in [-0.3, -0.25) is 9.78 Å². The van der Waals surface area contributed by atoms with Crippen LogP contribution in [0.3, 0.4) is 0 Å². The molecule has 0 saturated heterocycles. The minimum Gasteiger partial charge on any atom is -0.383 e. The number of carbonyl (C=O) groups excluding carboxylic acids is 1. The van der Waals surface area contributed by atoms with Crippen LogP contribution < -0.4 is 10.2 Å². The number of anilines is 2. The second-order valence-corrected chi connectivity index (χ2v) is 7.44. The molecule has 0 spiro atoms. The molecule has 0 aliphatic rings. The third-order valence-corrected chi connectivity index (χ3v) is 5.18. The summed E-state index contributed by atoms with van der Waals surface area (Å²) in [7, 11) is 1.67. The molecule has 0 saturated carbocycles. The number of carbonyl (C=O) groups is 1. The molecular formula is C24H26N6O2. The zero-order valence-corrected chi connectivity index (χ0v) is 18.4. The number of nitrogens with one attached hydrogen (secondary N) is 1. The van der Waals surface area contributed by atoms with Gasteiger partial charge in [0.05, 0.1) is 24.1 Å². The van der Waals surface area contributed by atoms with Crippen LogP contribution in [0, 0.1) is 6.92 Å². The molecule has 8 heteroatoms. The van der Waals surface area contributed by atoms with E-state index in [-0.39, 0.29) is 5.91 Å². The number of imidazole rings is 1. The fourth-order valence-electron chi connectivity index (χ4n) is 3.50. The largest absolute Gasteiger partial charge is 0.383 e. The van der Waals surface area contributed by atoms with E-state index in [9.17, 15) is 4.79 Å². The molecule has 0 bridgehead atoms. The van der Waals surface area contributed by atoms with Crippen LogP contribution >= 0.6 is 0 Å². The zero-order valence-electron chi connectivity index (χ0n) is 18.4. The quantitative estimate of drug-likeness (QED) is 0.457. The van der Waals surface area contributed by atoms with Gasteiger partial charge in [-0.2, -0.15) is 0 Å². The summed E-state index contributed by atoms with van der Waals surface area (Å²) in [6.07, 6.45) is 5.14. The van der Waals surface area contributed by atoms with Crippen LogP contribution in [0.2, 0.25) is 0 Å². The minimum atomic E-state index is -0.256. The van der Waals surface area contributed by atoms with Gasteiger partial charge < -0.3 is 15.0 Å². The lowest BCUT2D eigenvalue weighted by Crippen LogP contribution is -2.29. The van der Waals surface area contributed by atoms with Crippen LogP contribution in [0.15, 0.2) is 61.1 Å². The van der Waals surface area contributed by atoms with E-state index in [1.807, 2.05) is 38.2 Å². The van der Waals surface area contributed by atoms with E-state index in [0.717, 1.165) is 23.4 Å². The first-order valence-electron chi connectivity index (χ1n) is 10.5. The molecule has 32 heavy (non-hydrogen) atoms. The van der Waals surface area contributed by atoms with Crippen molar-refractivity contribution in [3.05, 3.63) is 72.2 Å². The van der Waals surface area contributed by atoms with Gasteiger partial charge in [-0.25, -0.2) is 9.50 Å². The molecule has 3 heterocycles. The van der Waals surface area contributed by atoms with E-state index < -0.39 is 0 Å². The number of aromatic nitrogens is 4. The van der Waals surface area contributed by atoms with Gasteiger partial charge in [-0.15, -0.1) is 5.10 Å². The predicted octanol–water partition coefficient (Wildman–Crippen LogP) is 3.82. The molecule has 0 atom stereocenters. The number of nitrogens with zero attached hydrogens (tertiary/aromatic N) is 5. The summed E-state index contributed by atoms with van der Waals surface area (Å²) in [5.74, 6) is 0.430. The van der Waals surface area contributed by atoms with Crippen molar-refractivity contribution in [3.8, 4) is 11.3 Å². The average Bonchev–Trinajstić information content (AvgIpc) is 3.24. The Balaban J connectivity index is 1.81. The number of fused-ring (bicyclic) bond motifs is 1. The summed E-state index contributed by atoms with van der Waals surface area (Å²) in [5.41, 5.74) is 4.49. The van der Waals surface area contributed by atoms with Crippen LogP contribution in [-0.2, 0) is 4.74 Å². The number of methoxy groups -OCH3 is 1. The van der Waals surface area contributed by atoms with Gasteiger partial charge in [-0.05, 0) is 38.1 Å². The van der Waals surface area contributed by atoms with Gasteiger partial charge in [0.2, 0.25) is 0 Å². The van der Waals surface area contributed by atoms with Gasteiger partial charge >= 0.3 is 0 Å². The second-order valence-electron chi connectivity index (χ2n) is 7.44. The van der Waals surface area contributed by atoms with Crippen molar-refractivity contribution in [1.82, 2.24) is 19.6 Å². The number of rotatable bonds is 8. The maximum absolute atomic E-state index is 13.2. The van der Waals surface area contributed by atoms with Crippen LogP contribution in [-0.4, -0.2) is 52.3 Å². The molecule has 0 aliphatic carbocycles. The monoisotopic (exact) mass is 430 g/mol. The van der Waals surface area contributed by atoms with Gasteiger partial charge in [0.15, 0.2) is 11.5 Å². The van der Waals surface area contributed by atoms with Crippen molar-refractivity contribution >= 4 is 23.1 Å². The molecule has 1 amide bonds. The van der Waals surface area contributed by atoms with Crippen molar-refractivity contribution in [3.63, 3.8) is 0 Å². The van der Waals surface area contributed by atoms with Crippen molar-refractivity contribution < 1.29 is 9.53 Å². The highest BCUT2D eigenvalue weighted by Gasteiger charge is 2.19. The maximum Gasteiger partial charge on any atom is 0.259 e. The molecule has 1 aromatic carbocycles. The van der Waals surface area contributed by atoms with Crippen molar-refractivity contribution in [2.24, 2.45) is 0 Å². The van der Waals surface area contributed by atoms with E-state index in [0.29, 0.717) is 35.9 Å². The number of hydrogen-bond acceptors (Lipinski definition) is 6. The third-order valence-electron chi connectivity index (χ3n) is 5.18. The lowest BCUT2D eigenvalue weighted by atomic mass is 10.1. The van der Waals surface area contributed by atoms with Gasteiger partial charge in [0, 0.05) is 43.8 Å². The summed E-state index contributed by atoms with van der Waals surface area (Å²) in [4.78, 5) is 24.1. The molecular weight excluding hydrogens is 404 g/mol. The maximum atomic E-state index is 13.2. The van der Waals surface area contributed by atoms with Crippen LogP contribution in [0.25, 0.3) is 16.9 Å². The molecule has 3 aromatic heterocycles. The lowest BCUT2D eigenvalue weighted by molar-refractivity contribution is 0.102. The third kappa shape index (κ3) is 4.60. The molecule has 4 aromatic rings. The number of pyridine rings is 1. The Kier molecular flexibility index (Phi) is 6.42. The SMILES string of the molecule is CCN(CCOC)c1cc(C(=O)Nc2ccncc2)c2nc(-c3cccc(C)c3)cn2n1. The summed E-state index contributed by atoms with van der Waals surface area (Å²) in [6, 6.07) is 13.4. The Bertz CT molecular complexity index is 1220. The van der Waals surface area contributed by atoms with Gasteiger partial charge in [0.25, 0.3) is 5.91 Å². The van der Waals surface area contributed by atoms with Crippen molar-refractivity contribution in [2.75, 3.05) is 37.0 Å². The highest BCUT2D eigenvalue weighted by atomic mass is 16.5. The predicted molar refractivity (Wildman–Crippen MR) is 125 cm³/mol. The molecule has 8 nitrogen and oxygen atoms in total. The van der Waals surface area contributed by atoms with Crippen LogP contribution in [0.4, 0.5) is 11.5 Å². The number of likely N-dealkylation sites (N-methyl/N-ethyl adjacent to an activating group) is 1. The molecule has 0 fully saturated rings. The van der Waals surface area contributed by atoms with E-state index in [1.54, 1.807) is 42.2 Å². The highest BCUT2D eigenvalue weighted by molar-refractivity contribution is 6.08. The highest BCUT2D eigenvalue weighted by Crippen LogP contribution is 2.24. The first-order chi connectivity index (χ1) is 15.6. The molecule has 0 radical (unpaired) electrons. The van der Waals surface area contributed by atoms with E-state index >= 15 is 0 Å². The fraction of sp³-hybridized carbons (Fsp3) is 0.250. The topological polar surface area (TPSA) is 84.6 Å². The second kappa shape index (κ2) is 9.57. The van der Waals surface area contributed by atoms with Gasteiger partial charge in [-0.1, -0.05) is 23.8 Å². The normalized spacial score (nSPS) is 11.0. The number of ether oxygens (including phenoxy) is 1. The van der Waals surface area contributed by atoms with E-state index in [2.05, 4.69) is 21.3 Å². The summed E-state index contributed by atoms with van der Waals surface area (Å²) < 4.78 is 6.92. The van der Waals surface area contributed by atoms with E-state index in [4.69, 9.17) is 14.8 Å².